The third-order valence-corrected chi connectivity index (χ3v) is 7.18. The molecule has 13 nitrogen and oxygen atoms in total. The normalized spacial score (nSPS) is 50.4. The molecule has 2 saturated heterocycles. The number of hydrogen-bond donors (Lipinski definition) is 9. The molecule has 208 valence electrons. The topological polar surface area (TPSA) is 236 Å². The molecule has 0 amide bonds. The van der Waals surface area contributed by atoms with E-state index in [2.05, 4.69) is 0 Å². The summed E-state index contributed by atoms with van der Waals surface area (Å²) in [6, 6.07) is -2.43. The SMILES string of the molecule is CC[C@@H]1CC(N)[C@@H](O[C@H]2OC([C@@H](C)O)[C@@H](O)[C@H](O)C2N)[C@H](O[C@@H]2O[C@H]([C@H](C)N)[C@H](O)C2O)C1O.S. The van der Waals surface area contributed by atoms with Crippen LogP contribution in [0.2, 0.25) is 0 Å². The van der Waals surface area contributed by atoms with Crippen LogP contribution in [0.25, 0.3) is 0 Å². The van der Waals surface area contributed by atoms with Crippen molar-refractivity contribution in [2.75, 3.05) is 0 Å². The first kappa shape index (κ1) is 31.1. The molecular weight excluding hydrogens is 486 g/mol. The summed E-state index contributed by atoms with van der Waals surface area (Å²) in [4.78, 5) is 0. The number of ether oxygens (including phenoxy) is 4. The van der Waals surface area contributed by atoms with E-state index in [1.165, 1.54) is 6.92 Å². The van der Waals surface area contributed by atoms with E-state index in [0.717, 1.165) is 0 Å². The van der Waals surface area contributed by atoms with Crippen LogP contribution in [0.1, 0.15) is 33.6 Å². The number of aliphatic hydroxyl groups is 6. The molecule has 3 fully saturated rings. The lowest BCUT2D eigenvalue weighted by Gasteiger charge is -2.48. The fourth-order valence-electron chi connectivity index (χ4n) is 5.03. The number of rotatable bonds is 7. The zero-order chi connectivity index (χ0) is 25.5. The zero-order valence-corrected chi connectivity index (χ0v) is 21.2. The molecule has 5 unspecified atom stereocenters. The summed E-state index contributed by atoms with van der Waals surface area (Å²) in [6.07, 6.45) is -13.6. The van der Waals surface area contributed by atoms with Gasteiger partial charge in [0.1, 0.15) is 48.8 Å². The van der Waals surface area contributed by atoms with E-state index in [-0.39, 0.29) is 19.4 Å². The average molecular weight is 530 g/mol. The largest absolute Gasteiger partial charge is 0.391 e. The summed E-state index contributed by atoms with van der Waals surface area (Å²) < 4.78 is 23.2. The molecule has 0 spiro atoms. The van der Waals surface area contributed by atoms with E-state index < -0.39 is 91.7 Å². The van der Waals surface area contributed by atoms with Gasteiger partial charge in [-0.25, -0.2) is 0 Å². The highest BCUT2D eigenvalue weighted by molar-refractivity contribution is 7.59. The minimum atomic E-state index is -1.45. The van der Waals surface area contributed by atoms with Crippen molar-refractivity contribution in [3.05, 3.63) is 0 Å². The molecule has 3 rings (SSSR count). The lowest BCUT2D eigenvalue weighted by molar-refractivity contribution is -0.317. The van der Waals surface area contributed by atoms with Gasteiger partial charge in [0.2, 0.25) is 0 Å². The minimum Gasteiger partial charge on any atom is -0.391 e. The summed E-state index contributed by atoms with van der Waals surface area (Å²) >= 11 is 0. The Morgan fingerprint density at radius 3 is 1.89 bits per heavy atom. The Labute approximate surface area is 211 Å². The maximum atomic E-state index is 11.0. The quantitative estimate of drug-likeness (QED) is 0.153. The molecule has 0 aromatic carbocycles. The lowest BCUT2D eigenvalue weighted by atomic mass is 9.78. The van der Waals surface area contributed by atoms with Gasteiger partial charge in [-0.2, -0.15) is 13.5 Å². The number of nitrogens with two attached hydrogens (primary N) is 3. The van der Waals surface area contributed by atoms with E-state index >= 15 is 0 Å². The van der Waals surface area contributed by atoms with Gasteiger partial charge in [0.25, 0.3) is 0 Å². The second-order valence-electron chi connectivity index (χ2n) is 9.84. The Kier molecular flexibility index (Phi) is 11.2. The molecule has 35 heavy (non-hydrogen) atoms. The van der Waals surface area contributed by atoms with E-state index in [4.69, 9.17) is 36.1 Å². The third-order valence-electron chi connectivity index (χ3n) is 7.18. The third kappa shape index (κ3) is 6.29. The summed E-state index contributed by atoms with van der Waals surface area (Å²) in [7, 11) is 0. The average Bonchev–Trinajstić information content (AvgIpc) is 3.06. The minimum absolute atomic E-state index is 0. The molecule has 0 aromatic heterocycles. The van der Waals surface area contributed by atoms with Gasteiger partial charge >= 0.3 is 0 Å². The maximum absolute atomic E-state index is 11.0. The van der Waals surface area contributed by atoms with Crippen LogP contribution >= 0.6 is 13.5 Å². The molecule has 0 bridgehead atoms. The van der Waals surface area contributed by atoms with Gasteiger partial charge in [-0.15, -0.1) is 0 Å². The van der Waals surface area contributed by atoms with Crippen LogP contribution in [0, 0.1) is 5.92 Å². The molecule has 2 heterocycles. The molecule has 12 N–H and O–H groups in total. The Bertz CT molecular complexity index is 667. The number of hydrogen-bond acceptors (Lipinski definition) is 13. The summed E-state index contributed by atoms with van der Waals surface area (Å²) in [6.45, 7) is 4.90. The van der Waals surface area contributed by atoms with E-state index in [1.807, 2.05) is 6.92 Å². The van der Waals surface area contributed by atoms with Crippen molar-refractivity contribution in [3.63, 3.8) is 0 Å². The predicted molar refractivity (Wildman–Crippen MR) is 127 cm³/mol. The maximum Gasteiger partial charge on any atom is 0.187 e. The van der Waals surface area contributed by atoms with Crippen LogP contribution < -0.4 is 17.2 Å². The van der Waals surface area contributed by atoms with Crippen molar-refractivity contribution in [2.45, 2.75) is 125 Å². The second-order valence-corrected chi connectivity index (χ2v) is 9.84. The second kappa shape index (κ2) is 12.6. The Balaban J connectivity index is 0.00000432. The van der Waals surface area contributed by atoms with E-state index in [1.54, 1.807) is 6.92 Å². The molecule has 1 aliphatic carbocycles. The Hall–Kier alpha value is -0.170. The highest BCUT2D eigenvalue weighted by atomic mass is 32.1. The Morgan fingerprint density at radius 1 is 0.829 bits per heavy atom. The molecule has 1 saturated carbocycles. The Morgan fingerprint density at radius 2 is 1.37 bits per heavy atom. The van der Waals surface area contributed by atoms with Gasteiger partial charge in [-0.1, -0.05) is 13.3 Å². The van der Waals surface area contributed by atoms with Crippen LogP contribution in [-0.2, 0) is 18.9 Å². The first-order chi connectivity index (χ1) is 15.9. The van der Waals surface area contributed by atoms with Crippen molar-refractivity contribution in [3.8, 4) is 0 Å². The van der Waals surface area contributed by atoms with Crippen molar-refractivity contribution >= 4 is 13.5 Å². The lowest BCUT2D eigenvalue weighted by Crippen LogP contribution is -2.67. The monoisotopic (exact) mass is 529 g/mol. The molecule has 16 atom stereocenters. The first-order valence-electron chi connectivity index (χ1n) is 11.9. The fourth-order valence-corrected chi connectivity index (χ4v) is 5.03. The number of aliphatic hydroxyl groups excluding tert-OH is 6. The van der Waals surface area contributed by atoms with E-state index in [9.17, 15) is 30.6 Å². The molecular formula is C21H43N3O10S. The van der Waals surface area contributed by atoms with Crippen molar-refractivity contribution in [1.29, 1.82) is 0 Å². The van der Waals surface area contributed by atoms with Gasteiger partial charge in [0, 0.05) is 12.1 Å². The fraction of sp³-hybridized carbons (Fsp3) is 1.00. The predicted octanol–water partition coefficient (Wildman–Crippen LogP) is -4.06. The molecule has 3 aliphatic rings. The van der Waals surface area contributed by atoms with Crippen LogP contribution in [0.5, 0.6) is 0 Å². The summed E-state index contributed by atoms with van der Waals surface area (Å²) in [5.41, 5.74) is 18.2. The van der Waals surface area contributed by atoms with Crippen molar-refractivity contribution in [2.24, 2.45) is 23.1 Å². The van der Waals surface area contributed by atoms with E-state index in [0.29, 0.717) is 12.8 Å². The molecule has 2 aliphatic heterocycles. The summed E-state index contributed by atoms with van der Waals surface area (Å²) in [5.74, 6) is -0.244. The highest BCUT2D eigenvalue weighted by Crippen LogP contribution is 2.36. The molecule has 14 heteroatoms. The van der Waals surface area contributed by atoms with Gasteiger partial charge < -0.3 is 66.8 Å². The van der Waals surface area contributed by atoms with Gasteiger partial charge in [0.05, 0.1) is 18.2 Å². The van der Waals surface area contributed by atoms with Gasteiger partial charge in [-0.3, -0.25) is 0 Å². The highest BCUT2D eigenvalue weighted by Gasteiger charge is 2.53. The van der Waals surface area contributed by atoms with Gasteiger partial charge in [-0.05, 0) is 26.2 Å². The van der Waals surface area contributed by atoms with Crippen LogP contribution in [-0.4, -0.2) is 122 Å². The molecule has 0 aromatic rings. The van der Waals surface area contributed by atoms with Crippen molar-refractivity contribution < 1.29 is 49.6 Å². The van der Waals surface area contributed by atoms with Crippen LogP contribution in [0.15, 0.2) is 0 Å². The first-order valence-corrected chi connectivity index (χ1v) is 11.9. The summed E-state index contributed by atoms with van der Waals surface area (Å²) in [5, 5.41) is 62.3. The van der Waals surface area contributed by atoms with Crippen LogP contribution in [0.3, 0.4) is 0 Å². The van der Waals surface area contributed by atoms with Crippen LogP contribution in [0.4, 0.5) is 0 Å². The zero-order valence-electron chi connectivity index (χ0n) is 20.2. The van der Waals surface area contributed by atoms with Crippen molar-refractivity contribution in [1.82, 2.24) is 0 Å². The molecule has 0 radical (unpaired) electrons. The standard InChI is InChI=1S/C21H41N3O10.H2S/c1-4-8-5-9(23)18(33-20-10(24)12(27)13(28)17(32-20)7(3)25)19(11(8)26)34-21-15(30)14(29)16(31-21)6(2)22;/h6-21,25-30H,4-5,22-24H2,1-3H3;1H2/t6-,7+,8+,9?,10?,11?,12+,13-,14+,15?,16+,17?,18+,19+,20+,21-;/m0./s1. The van der Waals surface area contributed by atoms with Gasteiger partial charge in [0.15, 0.2) is 12.6 Å². The smallest absolute Gasteiger partial charge is 0.187 e.